The van der Waals surface area contributed by atoms with E-state index in [1.54, 1.807) is 7.11 Å². The van der Waals surface area contributed by atoms with E-state index in [4.69, 9.17) is 4.74 Å². The number of para-hydroxylation sites is 1. The van der Waals surface area contributed by atoms with Crippen molar-refractivity contribution in [1.82, 2.24) is 5.32 Å². The molecule has 18 heavy (non-hydrogen) atoms. The highest BCUT2D eigenvalue weighted by Crippen LogP contribution is 2.33. The maximum Gasteiger partial charge on any atom is 0.0637 e. The zero-order valence-corrected chi connectivity index (χ0v) is 11.5. The molecule has 0 atom stereocenters. The summed E-state index contributed by atoms with van der Waals surface area (Å²) in [4.78, 5) is 2.51. The van der Waals surface area contributed by atoms with Gasteiger partial charge < -0.3 is 15.0 Å². The Labute approximate surface area is 110 Å². The summed E-state index contributed by atoms with van der Waals surface area (Å²) in [7, 11) is 1.77. The summed E-state index contributed by atoms with van der Waals surface area (Å²) in [6.45, 7) is 5.89. The number of methoxy groups -OCH3 is 1. The number of nitrogens with one attached hydrogen (secondary N) is 1. The van der Waals surface area contributed by atoms with Gasteiger partial charge in [0.2, 0.25) is 0 Å². The fourth-order valence-corrected chi connectivity index (χ4v) is 2.28. The molecular formula is C15H24N2O. The van der Waals surface area contributed by atoms with E-state index in [2.05, 4.69) is 41.4 Å². The quantitative estimate of drug-likeness (QED) is 0.764. The van der Waals surface area contributed by atoms with E-state index in [1.807, 2.05) is 0 Å². The molecule has 1 aliphatic rings. The normalized spacial score (nSPS) is 14.8. The molecule has 1 aliphatic carbocycles. The van der Waals surface area contributed by atoms with Crippen molar-refractivity contribution in [3.63, 3.8) is 0 Å². The lowest BCUT2D eigenvalue weighted by Gasteiger charge is -2.27. The van der Waals surface area contributed by atoms with Crippen LogP contribution in [0.1, 0.15) is 25.3 Å². The van der Waals surface area contributed by atoms with Crippen LogP contribution in [0.5, 0.6) is 0 Å². The van der Waals surface area contributed by atoms with E-state index in [0.717, 1.165) is 32.3 Å². The minimum absolute atomic E-state index is 0.725. The van der Waals surface area contributed by atoms with E-state index in [1.165, 1.54) is 24.1 Å². The molecule has 0 saturated heterocycles. The molecule has 1 N–H and O–H groups in total. The maximum absolute atomic E-state index is 5.24. The summed E-state index contributed by atoms with van der Waals surface area (Å²) in [5, 5.41) is 3.42. The van der Waals surface area contributed by atoms with Crippen molar-refractivity contribution in [1.29, 1.82) is 0 Å². The third-order valence-corrected chi connectivity index (χ3v) is 3.39. The number of benzene rings is 1. The van der Waals surface area contributed by atoms with Gasteiger partial charge in [-0.05, 0) is 31.0 Å². The summed E-state index contributed by atoms with van der Waals surface area (Å²) in [6.07, 6.45) is 2.64. The largest absolute Gasteiger partial charge is 0.383 e. The van der Waals surface area contributed by atoms with Crippen molar-refractivity contribution in [2.75, 3.05) is 31.7 Å². The van der Waals surface area contributed by atoms with Gasteiger partial charge in [0.15, 0.2) is 0 Å². The SMILES string of the molecule is CCNCc1ccccc1N(CCOC)C1CC1. The van der Waals surface area contributed by atoms with Gasteiger partial charge in [-0.3, -0.25) is 0 Å². The molecule has 1 aromatic carbocycles. The Balaban J connectivity index is 2.12. The van der Waals surface area contributed by atoms with Gasteiger partial charge in [-0.2, -0.15) is 0 Å². The highest BCUT2D eigenvalue weighted by molar-refractivity contribution is 5.55. The highest BCUT2D eigenvalue weighted by atomic mass is 16.5. The van der Waals surface area contributed by atoms with Crippen LogP contribution in [0, 0.1) is 0 Å². The molecule has 3 heteroatoms. The zero-order chi connectivity index (χ0) is 12.8. The van der Waals surface area contributed by atoms with Crippen LogP contribution in [0.15, 0.2) is 24.3 Å². The molecule has 1 aromatic rings. The Morgan fingerprint density at radius 2 is 2.11 bits per heavy atom. The molecule has 0 bridgehead atoms. The number of anilines is 1. The van der Waals surface area contributed by atoms with Crippen LogP contribution < -0.4 is 10.2 Å². The summed E-state index contributed by atoms with van der Waals surface area (Å²) in [5.41, 5.74) is 2.76. The van der Waals surface area contributed by atoms with Crippen LogP contribution in [-0.4, -0.2) is 32.8 Å². The van der Waals surface area contributed by atoms with Crippen molar-refractivity contribution in [2.24, 2.45) is 0 Å². The Bertz CT molecular complexity index is 363. The molecule has 0 aromatic heterocycles. The second kappa shape index (κ2) is 6.76. The van der Waals surface area contributed by atoms with Gasteiger partial charge in [0.1, 0.15) is 0 Å². The topological polar surface area (TPSA) is 24.5 Å². The second-order valence-corrected chi connectivity index (χ2v) is 4.83. The monoisotopic (exact) mass is 248 g/mol. The lowest BCUT2D eigenvalue weighted by Crippen LogP contribution is -2.31. The van der Waals surface area contributed by atoms with Gasteiger partial charge in [-0.15, -0.1) is 0 Å². The molecule has 0 heterocycles. The Hall–Kier alpha value is -1.06. The van der Waals surface area contributed by atoms with Crippen LogP contribution in [-0.2, 0) is 11.3 Å². The number of nitrogens with zero attached hydrogens (tertiary/aromatic N) is 1. The third-order valence-electron chi connectivity index (χ3n) is 3.39. The van der Waals surface area contributed by atoms with Gasteiger partial charge in [0, 0.05) is 31.9 Å². The van der Waals surface area contributed by atoms with Crippen LogP contribution >= 0.6 is 0 Å². The van der Waals surface area contributed by atoms with Crippen molar-refractivity contribution >= 4 is 5.69 Å². The van der Waals surface area contributed by atoms with Crippen LogP contribution in [0.2, 0.25) is 0 Å². The standard InChI is InChI=1S/C15H24N2O/c1-3-16-12-13-6-4-5-7-15(13)17(10-11-18-2)14-8-9-14/h4-7,14,16H,3,8-12H2,1-2H3. The van der Waals surface area contributed by atoms with Crippen molar-refractivity contribution in [3.8, 4) is 0 Å². The first-order valence-electron chi connectivity index (χ1n) is 6.91. The number of ether oxygens (including phenoxy) is 1. The molecule has 1 fully saturated rings. The molecule has 0 unspecified atom stereocenters. The third kappa shape index (κ3) is 3.47. The van der Waals surface area contributed by atoms with E-state index in [0.29, 0.717) is 0 Å². The van der Waals surface area contributed by atoms with Crippen molar-refractivity contribution in [3.05, 3.63) is 29.8 Å². The van der Waals surface area contributed by atoms with Gasteiger partial charge >= 0.3 is 0 Å². The van der Waals surface area contributed by atoms with E-state index in [9.17, 15) is 0 Å². The lowest BCUT2D eigenvalue weighted by molar-refractivity contribution is 0.205. The van der Waals surface area contributed by atoms with Crippen LogP contribution in [0.3, 0.4) is 0 Å². The predicted molar refractivity (Wildman–Crippen MR) is 76.1 cm³/mol. The smallest absolute Gasteiger partial charge is 0.0637 e. The van der Waals surface area contributed by atoms with Gasteiger partial charge in [0.05, 0.1) is 6.61 Å². The first kappa shape index (κ1) is 13.4. The number of rotatable bonds is 8. The van der Waals surface area contributed by atoms with E-state index < -0.39 is 0 Å². The fourth-order valence-electron chi connectivity index (χ4n) is 2.28. The minimum atomic E-state index is 0.725. The Morgan fingerprint density at radius 1 is 1.33 bits per heavy atom. The van der Waals surface area contributed by atoms with Crippen LogP contribution in [0.25, 0.3) is 0 Å². The average Bonchev–Trinajstić information content (AvgIpc) is 3.22. The van der Waals surface area contributed by atoms with Gasteiger partial charge in [0.25, 0.3) is 0 Å². The molecule has 0 radical (unpaired) electrons. The summed E-state index contributed by atoms with van der Waals surface area (Å²) in [5.74, 6) is 0. The molecule has 2 rings (SSSR count). The molecule has 0 aliphatic heterocycles. The number of hydrogen-bond acceptors (Lipinski definition) is 3. The van der Waals surface area contributed by atoms with E-state index in [-0.39, 0.29) is 0 Å². The van der Waals surface area contributed by atoms with Crippen molar-refractivity contribution in [2.45, 2.75) is 32.4 Å². The molecule has 0 spiro atoms. The zero-order valence-electron chi connectivity index (χ0n) is 11.5. The molecule has 3 nitrogen and oxygen atoms in total. The van der Waals surface area contributed by atoms with Crippen LogP contribution in [0.4, 0.5) is 5.69 Å². The lowest BCUT2D eigenvalue weighted by atomic mass is 10.1. The van der Waals surface area contributed by atoms with E-state index >= 15 is 0 Å². The molecule has 100 valence electrons. The summed E-state index contributed by atoms with van der Waals surface area (Å²) < 4.78 is 5.24. The Kier molecular flexibility index (Phi) is 5.02. The number of hydrogen-bond donors (Lipinski definition) is 1. The first-order valence-corrected chi connectivity index (χ1v) is 6.91. The predicted octanol–water partition coefficient (Wildman–Crippen LogP) is 2.41. The van der Waals surface area contributed by atoms with Crippen molar-refractivity contribution < 1.29 is 4.74 Å². The van der Waals surface area contributed by atoms with Gasteiger partial charge in [-0.25, -0.2) is 0 Å². The first-order chi connectivity index (χ1) is 8.86. The molecule has 0 amide bonds. The highest BCUT2D eigenvalue weighted by Gasteiger charge is 2.29. The van der Waals surface area contributed by atoms with Gasteiger partial charge in [-0.1, -0.05) is 25.1 Å². The molecule has 1 saturated carbocycles. The average molecular weight is 248 g/mol. The minimum Gasteiger partial charge on any atom is -0.383 e. The maximum atomic E-state index is 5.24. The summed E-state index contributed by atoms with van der Waals surface area (Å²) >= 11 is 0. The fraction of sp³-hybridized carbons (Fsp3) is 0.600. The summed E-state index contributed by atoms with van der Waals surface area (Å²) in [6, 6.07) is 9.44. The Morgan fingerprint density at radius 3 is 2.78 bits per heavy atom. The second-order valence-electron chi connectivity index (χ2n) is 4.83. The molecular weight excluding hydrogens is 224 g/mol.